The fourth-order valence-electron chi connectivity index (χ4n) is 1.29. The zero-order valence-corrected chi connectivity index (χ0v) is 9.94. The Morgan fingerprint density at radius 3 is 2.12 bits per heavy atom. The van der Waals surface area contributed by atoms with Gasteiger partial charge in [-0.25, -0.2) is 4.79 Å². The Morgan fingerprint density at radius 2 is 1.62 bits per heavy atom. The van der Waals surface area contributed by atoms with E-state index in [1.807, 2.05) is 30.3 Å². The van der Waals surface area contributed by atoms with Gasteiger partial charge in [-0.2, -0.15) is 0 Å². The van der Waals surface area contributed by atoms with Crippen molar-refractivity contribution >= 4 is 38.5 Å². The summed E-state index contributed by atoms with van der Waals surface area (Å²) in [5.74, 6) is 0. The number of benzene rings is 2. The number of carboxylic acid groups (broad SMARTS) is 1. The van der Waals surface area contributed by atoms with Crippen LogP contribution in [0.25, 0.3) is 10.8 Å². The summed E-state index contributed by atoms with van der Waals surface area (Å²) >= 11 is 3.48. The molecule has 2 aromatic carbocycles. The lowest BCUT2D eigenvalue weighted by atomic mass is 10.1. The molecule has 0 fully saturated rings. The molecule has 0 radical (unpaired) electrons. The van der Waals surface area contributed by atoms with Gasteiger partial charge < -0.3 is 16.6 Å². The fraction of sp³-hybridized carbons (Fsp3) is 0. The number of rotatable bonds is 0. The van der Waals surface area contributed by atoms with E-state index in [1.165, 1.54) is 0 Å². The predicted octanol–water partition coefficient (Wildman–Crippen LogP) is 2.81. The van der Waals surface area contributed by atoms with Crippen molar-refractivity contribution in [2.75, 3.05) is 5.73 Å². The van der Waals surface area contributed by atoms with Crippen molar-refractivity contribution in [1.29, 1.82) is 0 Å². The van der Waals surface area contributed by atoms with E-state index in [9.17, 15) is 0 Å². The molecule has 0 saturated carbocycles. The molecule has 2 rings (SSSR count). The highest BCUT2D eigenvalue weighted by molar-refractivity contribution is 9.10. The number of amides is 1. The molecule has 4 nitrogen and oxygen atoms in total. The topological polar surface area (TPSA) is 89.3 Å². The Hall–Kier alpha value is -1.75. The summed E-state index contributed by atoms with van der Waals surface area (Å²) in [6, 6.07) is 12.0. The minimum atomic E-state index is -1.33. The van der Waals surface area contributed by atoms with Crippen LogP contribution >= 0.6 is 15.9 Å². The molecule has 1 amide bonds. The third kappa shape index (κ3) is 3.13. The second kappa shape index (κ2) is 5.37. The lowest BCUT2D eigenvalue weighted by Gasteiger charge is -2.02. The molecule has 0 bridgehead atoms. The van der Waals surface area contributed by atoms with Crippen LogP contribution in [0.2, 0.25) is 0 Å². The smallest absolute Gasteiger partial charge is 0.402 e. The first-order valence-electron chi connectivity index (χ1n) is 4.43. The Labute approximate surface area is 101 Å². The molecule has 5 heteroatoms. The molecule has 0 unspecified atom stereocenters. The quantitative estimate of drug-likeness (QED) is 0.649. The minimum absolute atomic E-state index is 0.828. The minimum Gasteiger partial charge on any atom is -0.465 e. The second-order valence-electron chi connectivity index (χ2n) is 3.02. The first kappa shape index (κ1) is 12.3. The number of fused-ring (bicyclic) bond motifs is 1. The number of nitrogen functional groups attached to an aromatic ring is 1. The van der Waals surface area contributed by atoms with Crippen LogP contribution in [0.5, 0.6) is 0 Å². The summed E-state index contributed by atoms with van der Waals surface area (Å²) in [6.45, 7) is 0. The number of nitrogens with two attached hydrogens (primary N) is 2. The van der Waals surface area contributed by atoms with Crippen molar-refractivity contribution in [3.05, 3.63) is 40.9 Å². The summed E-state index contributed by atoms with van der Waals surface area (Å²) < 4.78 is 1.09. The summed E-state index contributed by atoms with van der Waals surface area (Å²) in [7, 11) is 0. The maximum absolute atomic E-state index is 8.78. The summed E-state index contributed by atoms with van der Waals surface area (Å²) in [4.78, 5) is 8.78. The average Bonchev–Trinajstić information content (AvgIpc) is 2.23. The monoisotopic (exact) mass is 282 g/mol. The van der Waals surface area contributed by atoms with E-state index in [0.717, 1.165) is 20.9 Å². The highest BCUT2D eigenvalue weighted by Crippen LogP contribution is 2.27. The molecule has 0 saturated heterocycles. The Kier molecular flexibility index (Phi) is 4.13. The van der Waals surface area contributed by atoms with Crippen molar-refractivity contribution in [2.45, 2.75) is 0 Å². The van der Waals surface area contributed by atoms with Gasteiger partial charge in [0.2, 0.25) is 0 Å². The molecular formula is C11H11BrN2O2. The van der Waals surface area contributed by atoms with E-state index in [0.29, 0.717) is 0 Å². The largest absolute Gasteiger partial charge is 0.465 e. The van der Waals surface area contributed by atoms with Crippen LogP contribution < -0.4 is 11.5 Å². The predicted molar refractivity (Wildman–Crippen MR) is 68.3 cm³/mol. The van der Waals surface area contributed by atoms with Gasteiger partial charge in [0.1, 0.15) is 0 Å². The Bertz CT molecular complexity index is 470. The van der Waals surface area contributed by atoms with Crippen molar-refractivity contribution in [2.24, 2.45) is 5.73 Å². The third-order valence-electron chi connectivity index (χ3n) is 1.90. The van der Waals surface area contributed by atoms with Crippen molar-refractivity contribution in [1.82, 2.24) is 0 Å². The van der Waals surface area contributed by atoms with E-state index in [4.69, 9.17) is 15.6 Å². The SMILES string of the molecule is NC(=O)O.Nc1ccc(Br)c2ccccc12. The molecule has 16 heavy (non-hydrogen) atoms. The van der Waals surface area contributed by atoms with E-state index < -0.39 is 6.09 Å². The van der Waals surface area contributed by atoms with Crippen LogP contribution in [0.4, 0.5) is 10.5 Å². The van der Waals surface area contributed by atoms with Crippen molar-refractivity contribution < 1.29 is 9.90 Å². The molecule has 0 aliphatic rings. The molecule has 0 aromatic heterocycles. The maximum atomic E-state index is 8.78. The average molecular weight is 283 g/mol. The number of hydrogen-bond donors (Lipinski definition) is 3. The van der Waals surface area contributed by atoms with Gasteiger partial charge >= 0.3 is 6.09 Å². The van der Waals surface area contributed by atoms with E-state index in [1.54, 1.807) is 0 Å². The molecule has 0 aliphatic carbocycles. The van der Waals surface area contributed by atoms with Gasteiger partial charge in [0, 0.05) is 15.5 Å². The normalized spacial score (nSPS) is 9.31. The van der Waals surface area contributed by atoms with E-state index in [-0.39, 0.29) is 0 Å². The van der Waals surface area contributed by atoms with Crippen LogP contribution in [-0.4, -0.2) is 11.2 Å². The summed E-state index contributed by atoms with van der Waals surface area (Å²) in [6.07, 6.45) is -1.33. The van der Waals surface area contributed by atoms with Crippen LogP contribution in [0.3, 0.4) is 0 Å². The van der Waals surface area contributed by atoms with Gasteiger partial charge in [-0.05, 0) is 17.5 Å². The van der Waals surface area contributed by atoms with Gasteiger partial charge in [0.05, 0.1) is 0 Å². The molecule has 0 heterocycles. The van der Waals surface area contributed by atoms with Crippen molar-refractivity contribution in [3.8, 4) is 0 Å². The van der Waals surface area contributed by atoms with Gasteiger partial charge in [-0.3, -0.25) is 0 Å². The Morgan fingerprint density at radius 1 is 1.12 bits per heavy atom. The number of hydrogen-bond acceptors (Lipinski definition) is 2. The van der Waals surface area contributed by atoms with Gasteiger partial charge in [0.15, 0.2) is 0 Å². The molecule has 0 aliphatic heterocycles. The molecule has 0 spiro atoms. The van der Waals surface area contributed by atoms with Crippen LogP contribution in [0.1, 0.15) is 0 Å². The standard InChI is InChI=1S/C10H8BrN.CH3NO2/c11-9-5-6-10(12)8-4-2-1-3-7(8)9;2-1(3)4/h1-6H,12H2;2H2,(H,3,4). The number of carbonyl (C=O) groups is 1. The molecule has 0 atom stereocenters. The van der Waals surface area contributed by atoms with Crippen LogP contribution in [-0.2, 0) is 0 Å². The van der Waals surface area contributed by atoms with Gasteiger partial charge in [0.25, 0.3) is 0 Å². The summed E-state index contributed by atoms with van der Waals surface area (Å²) in [5.41, 5.74) is 10.7. The maximum Gasteiger partial charge on any atom is 0.402 e. The first-order valence-corrected chi connectivity index (χ1v) is 5.23. The second-order valence-corrected chi connectivity index (χ2v) is 3.87. The number of primary amides is 1. The Balaban J connectivity index is 0.000000280. The highest BCUT2D eigenvalue weighted by atomic mass is 79.9. The lowest BCUT2D eigenvalue weighted by molar-refractivity contribution is 0.205. The molecule has 5 N–H and O–H groups in total. The van der Waals surface area contributed by atoms with Crippen LogP contribution in [0, 0.1) is 0 Å². The van der Waals surface area contributed by atoms with Gasteiger partial charge in [-0.15, -0.1) is 0 Å². The molecule has 2 aromatic rings. The summed E-state index contributed by atoms with van der Waals surface area (Å²) in [5, 5.41) is 9.46. The molecular weight excluding hydrogens is 272 g/mol. The lowest BCUT2D eigenvalue weighted by Crippen LogP contribution is -2.03. The van der Waals surface area contributed by atoms with E-state index >= 15 is 0 Å². The molecule has 84 valence electrons. The van der Waals surface area contributed by atoms with Crippen molar-refractivity contribution in [3.63, 3.8) is 0 Å². The highest BCUT2D eigenvalue weighted by Gasteiger charge is 1.99. The number of halogens is 1. The zero-order chi connectivity index (χ0) is 12.1. The number of anilines is 1. The first-order chi connectivity index (χ1) is 7.52. The fourth-order valence-corrected chi connectivity index (χ4v) is 1.76. The zero-order valence-electron chi connectivity index (χ0n) is 8.35. The van der Waals surface area contributed by atoms with Gasteiger partial charge in [-0.1, -0.05) is 40.2 Å². The van der Waals surface area contributed by atoms with Crippen LogP contribution in [0.15, 0.2) is 40.9 Å². The van der Waals surface area contributed by atoms with E-state index in [2.05, 4.69) is 27.7 Å². The third-order valence-corrected chi connectivity index (χ3v) is 2.60.